The van der Waals surface area contributed by atoms with E-state index in [1.54, 1.807) is 12.1 Å². The number of nitrogens with zero attached hydrogens (tertiary/aromatic N) is 1. The molecule has 0 N–H and O–H groups in total. The smallest absolute Gasteiger partial charge is 0.346 e. The molecule has 0 aliphatic heterocycles. The van der Waals surface area contributed by atoms with Crippen LogP contribution in [0.2, 0.25) is 0 Å². The number of aromatic nitrogens is 1. The van der Waals surface area contributed by atoms with Gasteiger partial charge in [-0.15, -0.1) is 0 Å². The van der Waals surface area contributed by atoms with Gasteiger partial charge in [-0.25, -0.2) is 9.78 Å². The van der Waals surface area contributed by atoms with Crippen LogP contribution < -0.4 is 10.4 Å². The fraction of sp³-hybridized carbons (Fsp3) is 0.571. The molecule has 5 heteroatoms. The summed E-state index contributed by atoms with van der Waals surface area (Å²) in [5.74, 6) is 0.0899. The van der Waals surface area contributed by atoms with Crippen LogP contribution in [0.3, 0.4) is 0 Å². The van der Waals surface area contributed by atoms with E-state index in [0.29, 0.717) is 23.1 Å². The molecule has 5 nitrogen and oxygen atoms in total. The second-order valence-corrected chi connectivity index (χ2v) is 6.72. The van der Waals surface area contributed by atoms with E-state index in [1.807, 2.05) is 0 Å². The minimum atomic E-state index is -0.484. The Hall–Kier alpha value is -2.17. The van der Waals surface area contributed by atoms with Gasteiger partial charge in [0.15, 0.2) is 6.39 Å². The minimum Gasteiger partial charge on any atom is -0.427 e. The van der Waals surface area contributed by atoms with Crippen molar-refractivity contribution in [2.45, 2.75) is 77.6 Å². The van der Waals surface area contributed by atoms with E-state index in [-0.39, 0.29) is 5.97 Å². The predicted octanol–water partition coefficient (Wildman–Crippen LogP) is 5.40. The molecule has 0 spiro atoms. The maximum absolute atomic E-state index is 11.9. The van der Waals surface area contributed by atoms with Crippen molar-refractivity contribution in [3.8, 4) is 5.75 Å². The molecule has 0 unspecified atom stereocenters. The molecule has 26 heavy (non-hydrogen) atoms. The monoisotopic (exact) mass is 359 g/mol. The van der Waals surface area contributed by atoms with E-state index < -0.39 is 5.63 Å². The maximum Gasteiger partial charge on any atom is 0.346 e. The summed E-state index contributed by atoms with van der Waals surface area (Å²) < 4.78 is 10.0. The van der Waals surface area contributed by atoms with Gasteiger partial charge >= 0.3 is 11.6 Å². The molecule has 0 aliphatic carbocycles. The van der Waals surface area contributed by atoms with Gasteiger partial charge in [-0.05, 0) is 24.6 Å². The van der Waals surface area contributed by atoms with Gasteiger partial charge in [0.1, 0.15) is 5.75 Å². The lowest BCUT2D eigenvalue weighted by Crippen LogP contribution is -2.08. The average Bonchev–Trinajstić information content (AvgIpc) is 2.64. The Morgan fingerprint density at radius 3 is 2.35 bits per heavy atom. The molecule has 1 aromatic heterocycles. The summed E-state index contributed by atoms with van der Waals surface area (Å²) in [6, 6.07) is 4.80. The molecule has 2 rings (SSSR count). The quantitative estimate of drug-likeness (QED) is 0.288. The molecule has 1 heterocycles. The Balaban J connectivity index is 1.61. The number of esters is 1. The normalized spacial score (nSPS) is 11.0. The van der Waals surface area contributed by atoms with Crippen LogP contribution in [0.5, 0.6) is 5.75 Å². The topological polar surface area (TPSA) is 69.4 Å². The average molecular weight is 359 g/mol. The van der Waals surface area contributed by atoms with Crippen LogP contribution >= 0.6 is 0 Å². The summed E-state index contributed by atoms with van der Waals surface area (Å²) in [6.45, 7) is 2.24. The first-order chi connectivity index (χ1) is 12.7. The molecule has 142 valence electrons. The van der Waals surface area contributed by atoms with Gasteiger partial charge in [0.05, 0.1) is 10.9 Å². The van der Waals surface area contributed by atoms with Crippen LogP contribution in [0.1, 0.15) is 77.6 Å². The standard InChI is InChI=1S/C21H29NO4/c1-2-3-4-5-6-7-8-9-10-11-12-20(23)26-17-13-14-19-18(15-17)21(24)25-16-22-19/h13-16H,2-12H2,1H3. The van der Waals surface area contributed by atoms with Crippen molar-refractivity contribution in [1.29, 1.82) is 0 Å². The van der Waals surface area contributed by atoms with E-state index in [4.69, 9.17) is 9.15 Å². The van der Waals surface area contributed by atoms with Crippen LogP contribution in [0.15, 0.2) is 33.8 Å². The van der Waals surface area contributed by atoms with Crippen molar-refractivity contribution in [1.82, 2.24) is 4.98 Å². The van der Waals surface area contributed by atoms with Crippen molar-refractivity contribution in [2.75, 3.05) is 0 Å². The lowest BCUT2D eigenvalue weighted by atomic mass is 10.1. The molecule has 0 saturated carbocycles. The molecule has 0 saturated heterocycles. The highest BCUT2D eigenvalue weighted by Gasteiger charge is 2.08. The van der Waals surface area contributed by atoms with Crippen molar-refractivity contribution >= 4 is 16.9 Å². The molecule has 0 radical (unpaired) electrons. The molecular weight excluding hydrogens is 330 g/mol. The third-order valence-corrected chi connectivity index (χ3v) is 4.51. The van der Waals surface area contributed by atoms with E-state index in [9.17, 15) is 9.59 Å². The van der Waals surface area contributed by atoms with Gasteiger partial charge in [-0.2, -0.15) is 0 Å². The SMILES string of the molecule is CCCCCCCCCCCCC(=O)Oc1ccc2ncoc(=O)c2c1. The van der Waals surface area contributed by atoms with Crippen LogP contribution in [-0.4, -0.2) is 11.0 Å². The van der Waals surface area contributed by atoms with Crippen molar-refractivity contribution in [3.63, 3.8) is 0 Å². The minimum absolute atomic E-state index is 0.266. The molecule has 0 aliphatic rings. The number of ether oxygens (including phenoxy) is 1. The van der Waals surface area contributed by atoms with E-state index >= 15 is 0 Å². The molecule has 1 aromatic carbocycles. The van der Waals surface area contributed by atoms with Crippen molar-refractivity contribution < 1.29 is 13.9 Å². The zero-order valence-electron chi connectivity index (χ0n) is 15.7. The van der Waals surface area contributed by atoms with Crippen LogP contribution in [0, 0.1) is 0 Å². The molecule has 0 amide bonds. The second kappa shape index (κ2) is 11.4. The fourth-order valence-corrected chi connectivity index (χ4v) is 2.99. The highest BCUT2D eigenvalue weighted by molar-refractivity contribution is 5.80. The summed E-state index contributed by atoms with van der Waals surface area (Å²) >= 11 is 0. The highest BCUT2D eigenvalue weighted by Crippen LogP contribution is 2.18. The Labute approximate surface area is 154 Å². The van der Waals surface area contributed by atoms with Crippen LogP contribution in [0.25, 0.3) is 10.9 Å². The van der Waals surface area contributed by atoms with Gasteiger partial charge in [0.25, 0.3) is 0 Å². The Morgan fingerprint density at radius 2 is 1.65 bits per heavy atom. The number of fused-ring (bicyclic) bond motifs is 1. The van der Waals surface area contributed by atoms with Crippen LogP contribution in [0.4, 0.5) is 0 Å². The summed E-state index contributed by atoms with van der Waals surface area (Å²) in [6.07, 6.45) is 13.8. The molecule has 0 atom stereocenters. The zero-order valence-corrected chi connectivity index (χ0v) is 15.7. The highest BCUT2D eigenvalue weighted by atomic mass is 16.5. The van der Waals surface area contributed by atoms with Crippen LogP contribution in [-0.2, 0) is 4.79 Å². The van der Waals surface area contributed by atoms with Gasteiger partial charge in [-0.3, -0.25) is 4.79 Å². The Kier molecular flexibility index (Phi) is 8.87. The Bertz CT molecular complexity index is 738. The maximum atomic E-state index is 11.9. The first-order valence-electron chi connectivity index (χ1n) is 9.79. The molecule has 0 fully saturated rings. The number of hydrogen-bond donors (Lipinski definition) is 0. The molecule has 2 aromatic rings. The van der Waals surface area contributed by atoms with E-state index in [2.05, 4.69) is 11.9 Å². The first kappa shape index (κ1) is 20.1. The number of unbranched alkanes of at least 4 members (excludes halogenated alkanes) is 9. The summed E-state index contributed by atoms with van der Waals surface area (Å²) in [7, 11) is 0. The van der Waals surface area contributed by atoms with Gasteiger partial charge in [0.2, 0.25) is 0 Å². The van der Waals surface area contributed by atoms with Gasteiger partial charge in [-0.1, -0.05) is 64.7 Å². The molecular formula is C21H29NO4. The summed E-state index contributed by atoms with van der Waals surface area (Å²) in [5, 5.41) is 0.316. The van der Waals surface area contributed by atoms with E-state index in [0.717, 1.165) is 19.2 Å². The third kappa shape index (κ3) is 6.98. The van der Waals surface area contributed by atoms with Crippen molar-refractivity contribution in [2.24, 2.45) is 0 Å². The van der Waals surface area contributed by atoms with Crippen molar-refractivity contribution in [3.05, 3.63) is 35.0 Å². The zero-order chi connectivity index (χ0) is 18.6. The molecule has 0 bridgehead atoms. The van der Waals surface area contributed by atoms with Gasteiger partial charge in [0, 0.05) is 6.42 Å². The number of rotatable bonds is 12. The first-order valence-corrected chi connectivity index (χ1v) is 9.79. The lowest BCUT2D eigenvalue weighted by Gasteiger charge is -2.05. The largest absolute Gasteiger partial charge is 0.427 e. The Morgan fingerprint density at radius 1 is 1.00 bits per heavy atom. The number of carbonyl (C=O) groups excluding carboxylic acids is 1. The van der Waals surface area contributed by atoms with Gasteiger partial charge < -0.3 is 9.15 Å². The summed E-state index contributed by atoms with van der Waals surface area (Å²) in [5.41, 5.74) is 0.0401. The number of carbonyl (C=O) groups is 1. The third-order valence-electron chi connectivity index (χ3n) is 4.51. The van der Waals surface area contributed by atoms with E-state index in [1.165, 1.54) is 57.4 Å². The fourth-order valence-electron chi connectivity index (χ4n) is 2.99. The summed E-state index contributed by atoms with van der Waals surface area (Å²) in [4.78, 5) is 27.5. The lowest BCUT2D eigenvalue weighted by molar-refractivity contribution is -0.134. The number of hydrogen-bond acceptors (Lipinski definition) is 5. The second-order valence-electron chi connectivity index (χ2n) is 6.72. The number of benzene rings is 1. The predicted molar refractivity (Wildman–Crippen MR) is 102 cm³/mol.